The summed E-state index contributed by atoms with van der Waals surface area (Å²) < 4.78 is 2.27. The summed E-state index contributed by atoms with van der Waals surface area (Å²) in [5.41, 5.74) is 15.3. The average molecular weight is 568 g/mol. The Balaban J connectivity index is 1.34. The average Bonchev–Trinajstić information content (AvgIpc) is 3.68. The van der Waals surface area contributed by atoms with Crippen LogP contribution in [0.2, 0.25) is 0 Å². The number of allylic oxidation sites excluding steroid dienone is 1. The van der Waals surface area contributed by atoms with Crippen molar-refractivity contribution in [3.63, 3.8) is 0 Å². The van der Waals surface area contributed by atoms with Gasteiger partial charge in [0.05, 0.1) is 23.8 Å². The molecule has 6 aromatic rings. The van der Waals surface area contributed by atoms with Crippen molar-refractivity contribution in [2.45, 2.75) is 51.5 Å². The van der Waals surface area contributed by atoms with E-state index < -0.39 is 0 Å². The molecule has 1 atom stereocenters. The van der Waals surface area contributed by atoms with E-state index in [-0.39, 0.29) is 5.92 Å². The molecule has 0 saturated carbocycles. The van der Waals surface area contributed by atoms with Crippen molar-refractivity contribution in [1.29, 1.82) is 0 Å². The number of hydrogen-bond acceptors (Lipinski definition) is 5. The van der Waals surface area contributed by atoms with Gasteiger partial charge in [-0.05, 0) is 53.8 Å². The maximum atomic E-state index is 6.66. The predicted octanol–water partition coefficient (Wildman–Crippen LogP) is 7.39. The molecule has 3 aromatic carbocycles. The molecular weight excluding hydrogens is 530 g/mol. The van der Waals surface area contributed by atoms with Crippen molar-refractivity contribution in [3.05, 3.63) is 108 Å². The minimum atomic E-state index is 0.208. The van der Waals surface area contributed by atoms with E-state index in [0.29, 0.717) is 18.3 Å². The van der Waals surface area contributed by atoms with E-state index in [0.717, 1.165) is 70.0 Å². The minimum Gasteiger partial charge on any atom is -0.382 e. The van der Waals surface area contributed by atoms with Crippen molar-refractivity contribution in [3.8, 4) is 22.5 Å². The van der Waals surface area contributed by atoms with E-state index in [9.17, 15) is 0 Å². The second-order valence-electron chi connectivity index (χ2n) is 11.8. The number of anilines is 1. The topological polar surface area (TPSA) is 96.9 Å². The zero-order chi connectivity index (χ0) is 29.5. The lowest BCUT2D eigenvalue weighted by Gasteiger charge is -2.22. The molecular formula is C36H37N7. The summed E-state index contributed by atoms with van der Waals surface area (Å²) in [6, 6.07) is 23.8. The molecule has 7 heteroatoms. The van der Waals surface area contributed by atoms with Gasteiger partial charge in [0.1, 0.15) is 28.7 Å². The fraction of sp³-hybridized carbons (Fsp3) is 0.250. The summed E-state index contributed by atoms with van der Waals surface area (Å²) in [6.07, 6.45) is 9.99. The molecule has 1 aliphatic rings. The van der Waals surface area contributed by atoms with Crippen molar-refractivity contribution >= 4 is 27.7 Å². The summed E-state index contributed by atoms with van der Waals surface area (Å²) in [5.74, 6) is 2.65. The molecule has 4 N–H and O–H groups in total. The van der Waals surface area contributed by atoms with Crippen LogP contribution < -0.4 is 11.1 Å². The van der Waals surface area contributed by atoms with Gasteiger partial charge in [-0.3, -0.25) is 4.40 Å². The predicted molar refractivity (Wildman–Crippen MR) is 176 cm³/mol. The number of H-pyrrole nitrogens is 1. The summed E-state index contributed by atoms with van der Waals surface area (Å²) >= 11 is 0. The maximum Gasteiger partial charge on any atom is 0.150 e. The number of aromatic nitrogens is 5. The molecule has 0 bridgehead atoms. The van der Waals surface area contributed by atoms with Crippen LogP contribution in [-0.2, 0) is 6.42 Å². The number of benzene rings is 3. The largest absolute Gasteiger partial charge is 0.382 e. The second kappa shape index (κ2) is 11.2. The molecule has 3 heterocycles. The number of aromatic amines is 1. The molecule has 1 aliphatic carbocycles. The van der Waals surface area contributed by atoms with Crippen LogP contribution in [0.5, 0.6) is 0 Å². The first-order valence-electron chi connectivity index (χ1n) is 15.2. The van der Waals surface area contributed by atoms with Crippen LogP contribution in [0.4, 0.5) is 5.82 Å². The van der Waals surface area contributed by atoms with Gasteiger partial charge in [0.15, 0.2) is 0 Å². The smallest absolute Gasteiger partial charge is 0.150 e. The number of nitrogens with two attached hydrogens (primary N) is 1. The maximum absolute atomic E-state index is 6.66. The Kier molecular flexibility index (Phi) is 7.03. The van der Waals surface area contributed by atoms with Crippen LogP contribution in [0, 0.1) is 0 Å². The molecule has 43 heavy (non-hydrogen) atoms. The Morgan fingerprint density at radius 1 is 0.977 bits per heavy atom. The van der Waals surface area contributed by atoms with E-state index in [1.54, 1.807) is 0 Å². The van der Waals surface area contributed by atoms with E-state index in [4.69, 9.17) is 20.7 Å². The van der Waals surface area contributed by atoms with Gasteiger partial charge in [-0.15, -0.1) is 0 Å². The lowest BCUT2D eigenvalue weighted by atomic mass is 9.93. The number of nitrogens with zero attached hydrogens (tertiary/aromatic N) is 4. The van der Waals surface area contributed by atoms with Crippen molar-refractivity contribution in [2.75, 3.05) is 12.8 Å². The third-order valence-corrected chi connectivity index (χ3v) is 8.72. The summed E-state index contributed by atoms with van der Waals surface area (Å²) in [7, 11) is 2.04. The molecule has 0 radical (unpaired) electrons. The Morgan fingerprint density at radius 2 is 1.77 bits per heavy atom. The lowest BCUT2D eigenvalue weighted by Crippen LogP contribution is -2.26. The summed E-state index contributed by atoms with van der Waals surface area (Å²) in [5, 5.41) is 5.74. The molecule has 0 amide bonds. The monoisotopic (exact) mass is 567 g/mol. The van der Waals surface area contributed by atoms with Gasteiger partial charge < -0.3 is 16.0 Å². The Bertz CT molecular complexity index is 1960. The zero-order valence-electron chi connectivity index (χ0n) is 24.9. The highest BCUT2D eigenvalue weighted by Crippen LogP contribution is 2.39. The molecule has 0 saturated heterocycles. The van der Waals surface area contributed by atoms with Crippen LogP contribution >= 0.6 is 0 Å². The highest BCUT2D eigenvalue weighted by molar-refractivity contribution is 6.02. The van der Waals surface area contributed by atoms with Crippen LogP contribution in [0.25, 0.3) is 44.4 Å². The van der Waals surface area contributed by atoms with E-state index in [1.165, 1.54) is 16.5 Å². The SMILES string of the molecule is CNC1CC=C(c2cnc(N)c3c(-c4ccc(Cc5ncc(-c6ccccc6)[nH]5)c5ccccc45)nc(C(C)C)n23)CC1. The van der Waals surface area contributed by atoms with Gasteiger partial charge in [-0.2, -0.15) is 0 Å². The summed E-state index contributed by atoms with van der Waals surface area (Å²) in [4.78, 5) is 18.2. The number of hydrogen-bond donors (Lipinski definition) is 3. The fourth-order valence-electron chi connectivity index (χ4n) is 6.42. The van der Waals surface area contributed by atoms with Gasteiger partial charge in [0, 0.05) is 23.9 Å². The number of fused-ring (bicyclic) bond motifs is 2. The minimum absolute atomic E-state index is 0.208. The second-order valence-corrected chi connectivity index (χ2v) is 11.8. The molecule has 0 fully saturated rings. The van der Waals surface area contributed by atoms with Gasteiger partial charge in [0.2, 0.25) is 0 Å². The van der Waals surface area contributed by atoms with Gasteiger partial charge >= 0.3 is 0 Å². The molecule has 0 spiro atoms. The van der Waals surface area contributed by atoms with E-state index in [1.807, 2.05) is 37.6 Å². The summed E-state index contributed by atoms with van der Waals surface area (Å²) in [6.45, 7) is 4.39. The first-order chi connectivity index (χ1) is 21.0. The standard InChI is InChI=1S/C36H37N7/c1-22(2)36-42-33(34-35(37)40-21-31(43(34)36)24-13-16-26(38-3)17-14-24)29-18-15-25(27-11-7-8-12-28(27)29)19-32-39-20-30(41-32)23-9-5-4-6-10-23/h4-13,15,18,20-22,26,38H,14,16-17,19H2,1-3H3,(H2,37,40)(H,39,41). The van der Waals surface area contributed by atoms with E-state index in [2.05, 4.69) is 83.2 Å². The first-order valence-corrected chi connectivity index (χ1v) is 15.2. The van der Waals surface area contributed by atoms with Crippen molar-refractivity contribution < 1.29 is 0 Å². The number of nitrogens with one attached hydrogen (secondary N) is 2. The third kappa shape index (κ3) is 4.89. The number of nitrogen functional groups attached to an aromatic ring is 1. The van der Waals surface area contributed by atoms with Gasteiger partial charge in [0.25, 0.3) is 0 Å². The zero-order valence-corrected chi connectivity index (χ0v) is 24.9. The van der Waals surface area contributed by atoms with Crippen LogP contribution in [0.15, 0.2) is 85.2 Å². The number of rotatable bonds is 7. The van der Waals surface area contributed by atoms with Crippen molar-refractivity contribution in [2.24, 2.45) is 0 Å². The van der Waals surface area contributed by atoms with Gasteiger partial charge in [-0.25, -0.2) is 15.0 Å². The molecule has 7 rings (SSSR count). The molecule has 7 nitrogen and oxygen atoms in total. The fourth-order valence-corrected chi connectivity index (χ4v) is 6.42. The Hall–Kier alpha value is -4.75. The Labute approximate surface area is 251 Å². The highest BCUT2D eigenvalue weighted by atomic mass is 15.1. The normalized spacial score (nSPS) is 15.4. The molecule has 1 unspecified atom stereocenters. The first kappa shape index (κ1) is 27.1. The van der Waals surface area contributed by atoms with E-state index >= 15 is 0 Å². The van der Waals surface area contributed by atoms with Crippen molar-refractivity contribution in [1.82, 2.24) is 29.7 Å². The Morgan fingerprint density at radius 3 is 2.51 bits per heavy atom. The molecule has 3 aromatic heterocycles. The molecule has 216 valence electrons. The highest BCUT2D eigenvalue weighted by Gasteiger charge is 2.25. The van der Waals surface area contributed by atoms with Gasteiger partial charge in [-0.1, -0.05) is 86.7 Å². The van der Waals surface area contributed by atoms with Crippen LogP contribution in [0.1, 0.15) is 61.9 Å². The molecule has 0 aliphatic heterocycles. The lowest BCUT2D eigenvalue weighted by molar-refractivity contribution is 0.522. The third-order valence-electron chi connectivity index (χ3n) is 8.72. The number of imidazole rings is 2. The van der Waals surface area contributed by atoms with Crippen LogP contribution in [0.3, 0.4) is 0 Å². The van der Waals surface area contributed by atoms with Crippen LogP contribution in [-0.4, -0.2) is 37.4 Å². The quantitative estimate of drug-likeness (QED) is 0.187.